The van der Waals surface area contributed by atoms with Crippen molar-refractivity contribution >= 4 is 15.9 Å². The maximum atomic E-state index is 12.0. The molecule has 1 amide bonds. The Hall–Kier alpha value is -1.40. The molecule has 0 radical (unpaired) electrons. The zero-order valence-corrected chi connectivity index (χ0v) is 12.1. The maximum absolute atomic E-state index is 12.0. The lowest BCUT2D eigenvalue weighted by Gasteiger charge is -2.43. The standard InChI is InChI=1S/C13H18N2O3S/c1-9-6-10(7-14)4-5-11(9)8-15-12(16)13(2,3)19(15,17)18/h4-6H,7-8,14H2,1-3H3. The van der Waals surface area contributed by atoms with E-state index in [-0.39, 0.29) is 12.5 Å². The summed E-state index contributed by atoms with van der Waals surface area (Å²) in [6, 6.07) is 5.59. The summed E-state index contributed by atoms with van der Waals surface area (Å²) >= 11 is 0. The zero-order valence-electron chi connectivity index (χ0n) is 11.3. The number of rotatable bonds is 3. The lowest BCUT2D eigenvalue weighted by Crippen LogP contribution is -2.66. The summed E-state index contributed by atoms with van der Waals surface area (Å²) in [5.41, 5.74) is 8.30. The van der Waals surface area contributed by atoms with Crippen LogP contribution in [-0.2, 0) is 27.9 Å². The van der Waals surface area contributed by atoms with Crippen molar-refractivity contribution in [1.82, 2.24) is 4.31 Å². The molecule has 0 aromatic heterocycles. The molecular formula is C13H18N2O3S. The van der Waals surface area contributed by atoms with Gasteiger partial charge in [-0.3, -0.25) is 4.79 Å². The fourth-order valence-electron chi connectivity index (χ4n) is 2.13. The van der Waals surface area contributed by atoms with E-state index in [1.807, 2.05) is 25.1 Å². The van der Waals surface area contributed by atoms with Gasteiger partial charge in [0.15, 0.2) is 4.75 Å². The average Bonchev–Trinajstić information content (AvgIpc) is 2.35. The topological polar surface area (TPSA) is 80.5 Å². The van der Waals surface area contributed by atoms with Crippen LogP contribution in [0.2, 0.25) is 0 Å². The molecule has 1 heterocycles. The summed E-state index contributed by atoms with van der Waals surface area (Å²) in [6.07, 6.45) is 0. The number of benzene rings is 1. The second-order valence-electron chi connectivity index (χ2n) is 5.29. The van der Waals surface area contributed by atoms with Crippen molar-refractivity contribution in [2.75, 3.05) is 0 Å². The van der Waals surface area contributed by atoms with Gasteiger partial charge < -0.3 is 5.73 Å². The van der Waals surface area contributed by atoms with Gasteiger partial charge in [0.05, 0.1) is 6.54 Å². The average molecular weight is 282 g/mol. The summed E-state index contributed by atoms with van der Waals surface area (Å²) in [4.78, 5) is 11.9. The van der Waals surface area contributed by atoms with E-state index in [0.29, 0.717) is 6.54 Å². The number of sulfonamides is 1. The van der Waals surface area contributed by atoms with E-state index in [0.717, 1.165) is 21.0 Å². The molecule has 0 atom stereocenters. The first-order chi connectivity index (χ1) is 8.71. The van der Waals surface area contributed by atoms with Gasteiger partial charge in [0, 0.05) is 6.54 Å². The lowest BCUT2D eigenvalue weighted by atomic mass is 10.0. The molecule has 1 aromatic carbocycles. The fraction of sp³-hybridized carbons (Fsp3) is 0.462. The van der Waals surface area contributed by atoms with Gasteiger partial charge in [0.1, 0.15) is 0 Å². The van der Waals surface area contributed by atoms with E-state index in [9.17, 15) is 13.2 Å². The van der Waals surface area contributed by atoms with Crippen LogP contribution >= 0.6 is 0 Å². The summed E-state index contributed by atoms with van der Waals surface area (Å²) in [7, 11) is -3.52. The minimum Gasteiger partial charge on any atom is -0.326 e. The van der Waals surface area contributed by atoms with Crippen LogP contribution in [0.1, 0.15) is 30.5 Å². The van der Waals surface area contributed by atoms with Gasteiger partial charge in [-0.25, -0.2) is 12.7 Å². The van der Waals surface area contributed by atoms with Crippen molar-refractivity contribution in [3.63, 3.8) is 0 Å². The molecule has 5 nitrogen and oxygen atoms in total. The van der Waals surface area contributed by atoms with Gasteiger partial charge in [0.25, 0.3) is 15.9 Å². The van der Waals surface area contributed by atoms with Crippen LogP contribution in [0.15, 0.2) is 18.2 Å². The molecule has 1 aliphatic rings. The van der Waals surface area contributed by atoms with Crippen LogP contribution in [0, 0.1) is 6.92 Å². The van der Waals surface area contributed by atoms with Crippen molar-refractivity contribution in [1.29, 1.82) is 0 Å². The number of amides is 1. The van der Waals surface area contributed by atoms with Gasteiger partial charge in [-0.1, -0.05) is 18.2 Å². The van der Waals surface area contributed by atoms with Gasteiger partial charge in [0.2, 0.25) is 0 Å². The van der Waals surface area contributed by atoms with E-state index in [1.54, 1.807) is 0 Å². The highest BCUT2D eigenvalue weighted by Gasteiger charge is 2.59. The zero-order chi connectivity index (χ0) is 14.4. The third-order valence-electron chi connectivity index (χ3n) is 3.63. The number of hydrogen-bond acceptors (Lipinski definition) is 4. The van der Waals surface area contributed by atoms with Crippen molar-refractivity contribution in [3.05, 3.63) is 34.9 Å². The quantitative estimate of drug-likeness (QED) is 0.893. The number of nitrogens with two attached hydrogens (primary N) is 1. The van der Waals surface area contributed by atoms with Crippen LogP contribution in [0.5, 0.6) is 0 Å². The molecule has 2 N–H and O–H groups in total. The van der Waals surface area contributed by atoms with Gasteiger partial charge in [-0.05, 0) is 37.5 Å². The normalized spacial score (nSPS) is 20.2. The Labute approximate surface area is 113 Å². The third kappa shape index (κ3) is 1.95. The van der Waals surface area contributed by atoms with Crippen LogP contribution in [0.25, 0.3) is 0 Å². The first-order valence-electron chi connectivity index (χ1n) is 6.07. The lowest BCUT2D eigenvalue weighted by molar-refractivity contribution is -0.132. The van der Waals surface area contributed by atoms with Crippen LogP contribution < -0.4 is 5.73 Å². The molecule has 0 spiro atoms. The highest BCUT2D eigenvalue weighted by Crippen LogP contribution is 2.36. The van der Waals surface area contributed by atoms with Gasteiger partial charge in [-0.15, -0.1) is 0 Å². The Balaban J connectivity index is 2.27. The van der Waals surface area contributed by atoms with Crippen molar-refractivity contribution in [3.8, 4) is 0 Å². The second kappa shape index (κ2) is 4.31. The monoisotopic (exact) mass is 282 g/mol. The molecule has 1 fully saturated rings. The Kier molecular flexibility index (Phi) is 3.18. The Morgan fingerprint density at radius 3 is 2.42 bits per heavy atom. The first kappa shape index (κ1) is 14.0. The SMILES string of the molecule is Cc1cc(CN)ccc1CN1C(=O)C(C)(C)S1(=O)=O. The molecule has 2 rings (SSSR count). The minimum absolute atomic E-state index is 0.0985. The summed E-state index contributed by atoms with van der Waals surface area (Å²) < 4.78 is 23.7. The van der Waals surface area contributed by atoms with Crippen LogP contribution in [0.3, 0.4) is 0 Å². The number of carbonyl (C=O) groups excluding carboxylic acids is 1. The Morgan fingerprint density at radius 1 is 1.32 bits per heavy atom. The Morgan fingerprint density at radius 2 is 1.95 bits per heavy atom. The van der Waals surface area contributed by atoms with Crippen molar-refractivity contribution < 1.29 is 13.2 Å². The molecule has 0 aliphatic carbocycles. The molecule has 1 aromatic rings. The predicted octanol–water partition coefficient (Wildman–Crippen LogP) is 0.904. The summed E-state index contributed by atoms with van der Waals surface area (Å²) in [5.74, 6) is -0.352. The second-order valence-corrected chi connectivity index (χ2v) is 7.70. The highest BCUT2D eigenvalue weighted by molar-refractivity contribution is 7.94. The Bertz CT molecular complexity index is 635. The minimum atomic E-state index is -3.52. The summed E-state index contributed by atoms with van der Waals surface area (Å²) in [5, 5.41) is 0. The number of carbonyl (C=O) groups is 1. The molecule has 0 bridgehead atoms. The highest BCUT2D eigenvalue weighted by atomic mass is 32.2. The number of hydrogen-bond donors (Lipinski definition) is 1. The number of aryl methyl sites for hydroxylation is 1. The van der Waals surface area contributed by atoms with Crippen LogP contribution in [-0.4, -0.2) is 23.4 Å². The maximum Gasteiger partial charge on any atom is 0.259 e. The van der Waals surface area contributed by atoms with Gasteiger partial charge in [-0.2, -0.15) is 0 Å². The summed E-state index contributed by atoms with van der Waals surface area (Å²) in [6.45, 7) is 5.30. The molecule has 0 saturated carbocycles. The molecule has 1 saturated heterocycles. The van der Waals surface area contributed by atoms with Crippen molar-refractivity contribution in [2.45, 2.75) is 38.6 Å². The van der Waals surface area contributed by atoms with E-state index in [2.05, 4.69) is 0 Å². The van der Waals surface area contributed by atoms with E-state index in [4.69, 9.17) is 5.73 Å². The molecule has 1 aliphatic heterocycles. The van der Waals surface area contributed by atoms with Crippen LogP contribution in [0.4, 0.5) is 0 Å². The molecule has 104 valence electrons. The fourth-order valence-corrected chi connectivity index (χ4v) is 3.64. The molecular weight excluding hydrogens is 264 g/mol. The predicted molar refractivity (Wildman–Crippen MR) is 72.6 cm³/mol. The van der Waals surface area contributed by atoms with Gasteiger partial charge >= 0.3 is 0 Å². The largest absolute Gasteiger partial charge is 0.326 e. The first-order valence-corrected chi connectivity index (χ1v) is 7.51. The van der Waals surface area contributed by atoms with Crippen molar-refractivity contribution in [2.24, 2.45) is 5.73 Å². The van der Waals surface area contributed by atoms with E-state index < -0.39 is 14.8 Å². The molecule has 6 heteroatoms. The third-order valence-corrected chi connectivity index (χ3v) is 5.97. The molecule has 0 unspecified atom stereocenters. The molecule has 19 heavy (non-hydrogen) atoms. The smallest absolute Gasteiger partial charge is 0.259 e. The number of nitrogens with zero attached hydrogens (tertiary/aromatic N) is 1. The van der Waals surface area contributed by atoms with E-state index >= 15 is 0 Å². The van der Waals surface area contributed by atoms with E-state index in [1.165, 1.54) is 13.8 Å².